The Balaban J connectivity index is 1.91. The fraction of sp³-hybridized carbons (Fsp3) is 0.474. The van der Waals surface area contributed by atoms with E-state index in [-0.39, 0.29) is 29.3 Å². The van der Waals surface area contributed by atoms with E-state index in [0.717, 1.165) is 30.2 Å². The Morgan fingerprint density at radius 1 is 1.40 bits per heavy atom. The van der Waals surface area contributed by atoms with Gasteiger partial charge in [-0.25, -0.2) is 18.3 Å². The Bertz CT molecular complexity index is 873. The Hall–Kier alpha value is -2.24. The second kappa shape index (κ2) is 5.38. The van der Waals surface area contributed by atoms with Crippen LogP contribution in [0.5, 0.6) is 0 Å². The maximum absolute atomic E-state index is 14.4. The third-order valence-electron chi connectivity index (χ3n) is 5.88. The zero-order valence-corrected chi connectivity index (χ0v) is 14.5. The van der Waals surface area contributed by atoms with E-state index in [1.807, 2.05) is 0 Å². The molecule has 1 heterocycles. The lowest BCUT2D eigenvalue weighted by Crippen LogP contribution is -2.48. The molecule has 0 N–H and O–H groups in total. The van der Waals surface area contributed by atoms with E-state index in [1.165, 1.54) is 16.8 Å². The summed E-state index contributed by atoms with van der Waals surface area (Å²) in [7, 11) is 0. The molecular formula is C19H20F2N2O2. The first-order chi connectivity index (χ1) is 11.8. The average Bonchev–Trinajstić information content (AvgIpc) is 2.94. The summed E-state index contributed by atoms with van der Waals surface area (Å²) in [6, 6.07) is 3.41. The van der Waals surface area contributed by atoms with Gasteiger partial charge in [0.15, 0.2) is 11.5 Å². The summed E-state index contributed by atoms with van der Waals surface area (Å²) in [5, 5.41) is 4.39. The quantitative estimate of drug-likeness (QED) is 0.789. The van der Waals surface area contributed by atoms with Gasteiger partial charge in [0.1, 0.15) is 11.5 Å². The summed E-state index contributed by atoms with van der Waals surface area (Å²) in [5.41, 5.74) is 2.21. The standard InChI is InChI=1S/C19H20F2N2O2/c1-4-25-18(24)16-12-7-10-8-13(19(10,2)3)17(12)23(22-16)15-6-5-11(20)9-14(15)21/h5-6,9-10,13H,4,7-8H2,1-3H3/t10-,13-/m0/s1. The molecule has 0 spiro atoms. The fourth-order valence-corrected chi connectivity index (χ4v) is 4.30. The number of ether oxygens (including phenoxy) is 1. The molecule has 1 aromatic carbocycles. The highest BCUT2D eigenvalue weighted by atomic mass is 19.1. The molecule has 2 aromatic rings. The van der Waals surface area contributed by atoms with Crippen molar-refractivity contribution in [3.05, 3.63) is 46.8 Å². The van der Waals surface area contributed by atoms with Crippen LogP contribution < -0.4 is 0 Å². The van der Waals surface area contributed by atoms with Gasteiger partial charge in [0, 0.05) is 17.5 Å². The van der Waals surface area contributed by atoms with Crippen molar-refractivity contribution in [3.63, 3.8) is 0 Å². The molecule has 2 bridgehead atoms. The zero-order chi connectivity index (χ0) is 17.9. The molecule has 3 aliphatic carbocycles. The van der Waals surface area contributed by atoms with Crippen LogP contribution >= 0.6 is 0 Å². The van der Waals surface area contributed by atoms with Crippen LogP contribution in [0.1, 0.15) is 54.9 Å². The Kier molecular flexibility index (Phi) is 3.49. The Labute approximate surface area is 144 Å². The molecule has 0 aliphatic heterocycles. The van der Waals surface area contributed by atoms with Gasteiger partial charge in [-0.2, -0.15) is 5.10 Å². The summed E-state index contributed by atoms with van der Waals surface area (Å²) in [4.78, 5) is 12.3. The van der Waals surface area contributed by atoms with Crippen molar-refractivity contribution in [3.8, 4) is 5.69 Å². The maximum Gasteiger partial charge on any atom is 0.359 e. The lowest BCUT2D eigenvalue weighted by Gasteiger charge is -2.56. The van der Waals surface area contributed by atoms with Gasteiger partial charge in [-0.1, -0.05) is 13.8 Å². The predicted octanol–water partition coefficient (Wildman–Crippen LogP) is 4.01. The predicted molar refractivity (Wildman–Crippen MR) is 87.8 cm³/mol. The summed E-state index contributed by atoms with van der Waals surface area (Å²) >= 11 is 0. The van der Waals surface area contributed by atoms with Crippen LogP contribution in [0.4, 0.5) is 8.78 Å². The summed E-state index contributed by atoms with van der Waals surface area (Å²) in [5.74, 6) is -1.15. The van der Waals surface area contributed by atoms with Gasteiger partial charge in [-0.15, -0.1) is 0 Å². The molecular weight excluding hydrogens is 326 g/mol. The van der Waals surface area contributed by atoms with E-state index < -0.39 is 17.6 Å². The first-order valence-corrected chi connectivity index (χ1v) is 8.59. The molecule has 1 saturated carbocycles. The molecule has 0 unspecified atom stereocenters. The molecule has 3 aliphatic rings. The van der Waals surface area contributed by atoms with E-state index >= 15 is 0 Å². The van der Waals surface area contributed by atoms with Crippen molar-refractivity contribution < 1.29 is 18.3 Å². The van der Waals surface area contributed by atoms with Crippen LogP contribution in [0.2, 0.25) is 0 Å². The van der Waals surface area contributed by atoms with Crippen molar-refractivity contribution in [2.45, 2.75) is 39.5 Å². The molecule has 4 nitrogen and oxygen atoms in total. The maximum atomic E-state index is 14.4. The number of esters is 1. The number of aromatic nitrogens is 2. The van der Waals surface area contributed by atoms with E-state index in [1.54, 1.807) is 6.92 Å². The van der Waals surface area contributed by atoms with E-state index in [0.29, 0.717) is 5.92 Å². The SMILES string of the molecule is CCOC(=O)c1nn(-c2ccc(F)cc2F)c2c1C[C@H]1C[C@@H]2C1(C)C. The van der Waals surface area contributed by atoms with E-state index in [2.05, 4.69) is 18.9 Å². The number of hydrogen-bond donors (Lipinski definition) is 0. The van der Waals surface area contributed by atoms with Gasteiger partial charge < -0.3 is 4.74 Å². The highest BCUT2D eigenvalue weighted by Gasteiger charge is 2.55. The number of nitrogens with zero attached hydrogens (tertiary/aromatic N) is 2. The number of benzene rings is 1. The third-order valence-corrected chi connectivity index (χ3v) is 5.88. The molecule has 2 atom stereocenters. The highest BCUT2D eigenvalue weighted by Crippen LogP contribution is 2.62. The molecule has 6 heteroatoms. The molecule has 0 radical (unpaired) electrons. The monoisotopic (exact) mass is 346 g/mol. The second-order valence-electron chi connectivity index (χ2n) is 7.45. The molecule has 132 valence electrons. The van der Waals surface area contributed by atoms with Crippen LogP contribution in [0.15, 0.2) is 18.2 Å². The van der Waals surface area contributed by atoms with Gasteiger partial charge in [0.05, 0.1) is 12.3 Å². The van der Waals surface area contributed by atoms with Gasteiger partial charge in [-0.3, -0.25) is 0 Å². The lowest BCUT2D eigenvalue weighted by molar-refractivity contribution is 0.0142. The smallest absolute Gasteiger partial charge is 0.359 e. The number of rotatable bonds is 3. The minimum Gasteiger partial charge on any atom is -0.461 e. The summed E-state index contributed by atoms with van der Waals surface area (Å²) in [6.45, 7) is 6.37. The summed E-state index contributed by atoms with van der Waals surface area (Å²) < 4.78 is 34.3. The highest BCUT2D eigenvalue weighted by molar-refractivity contribution is 5.89. The fourth-order valence-electron chi connectivity index (χ4n) is 4.30. The van der Waals surface area contributed by atoms with E-state index in [4.69, 9.17) is 4.74 Å². The van der Waals surface area contributed by atoms with Gasteiger partial charge >= 0.3 is 5.97 Å². The van der Waals surface area contributed by atoms with Crippen molar-refractivity contribution in [2.24, 2.45) is 11.3 Å². The molecule has 0 amide bonds. The van der Waals surface area contributed by atoms with Crippen LogP contribution in [0.25, 0.3) is 5.69 Å². The average molecular weight is 346 g/mol. The van der Waals surface area contributed by atoms with Gasteiger partial charge in [-0.05, 0) is 43.2 Å². The van der Waals surface area contributed by atoms with Crippen molar-refractivity contribution >= 4 is 5.97 Å². The topological polar surface area (TPSA) is 44.1 Å². The Morgan fingerprint density at radius 3 is 2.80 bits per heavy atom. The third kappa shape index (κ3) is 2.23. The molecule has 5 rings (SSSR count). The minimum absolute atomic E-state index is 0.0766. The normalized spacial score (nSPS) is 22.9. The van der Waals surface area contributed by atoms with Crippen LogP contribution in [0, 0.1) is 23.0 Å². The first kappa shape index (κ1) is 16.2. The first-order valence-electron chi connectivity index (χ1n) is 8.59. The lowest BCUT2D eigenvalue weighted by atomic mass is 9.48. The number of halogens is 2. The molecule has 25 heavy (non-hydrogen) atoms. The van der Waals surface area contributed by atoms with E-state index in [9.17, 15) is 13.6 Å². The van der Waals surface area contributed by atoms with Crippen molar-refractivity contribution in [2.75, 3.05) is 6.61 Å². The van der Waals surface area contributed by atoms with Crippen molar-refractivity contribution in [1.29, 1.82) is 0 Å². The van der Waals surface area contributed by atoms with Crippen LogP contribution in [0.3, 0.4) is 0 Å². The molecule has 0 saturated heterocycles. The van der Waals surface area contributed by atoms with Gasteiger partial charge in [0.2, 0.25) is 0 Å². The summed E-state index contributed by atoms with van der Waals surface area (Å²) in [6.07, 6.45) is 1.73. The molecule has 1 aromatic heterocycles. The second-order valence-corrected chi connectivity index (χ2v) is 7.45. The largest absolute Gasteiger partial charge is 0.461 e. The minimum atomic E-state index is -0.694. The van der Waals surface area contributed by atoms with Gasteiger partial charge in [0.25, 0.3) is 0 Å². The zero-order valence-electron chi connectivity index (χ0n) is 14.5. The number of carbonyl (C=O) groups excluding carboxylic acids is 1. The molecule has 1 fully saturated rings. The van der Waals surface area contributed by atoms with Crippen LogP contribution in [-0.4, -0.2) is 22.4 Å². The number of hydrogen-bond acceptors (Lipinski definition) is 3. The number of carbonyl (C=O) groups is 1. The van der Waals surface area contributed by atoms with Crippen LogP contribution in [-0.2, 0) is 11.2 Å². The van der Waals surface area contributed by atoms with Crippen molar-refractivity contribution in [1.82, 2.24) is 9.78 Å². The Morgan fingerprint density at radius 2 is 2.16 bits per heavy atom.